The maximum atomic E-state index is 13.2. The summed E-state index contributed by atoms with van der Waals surface area (Å²) in [6.45, 7) is -0.170. The minimum Gasteiger partial charge on any atom is -0.497 e. The Kier molecular flexibility index (Phi) is 6.23. The van der Waals surface area contributed by atoms with Crippen molar-refractivity contribution in [3.8, 4) is 5.75 Å². The SMILES string of the molecule is COc1ccc(C(=O)NCC(c2cccnc2)S(=O)(=O)c2ccc(F)cc2)cc1. The Hall–Kier alpha value is -3.26. The number of benzene rings is 2. The minimum absolute atomic E-state index is 0.0357. The van der Waals surface area contributed by atoms with E-state index in [1.807, 2.05) is 0 Å². The molecule has 2 aromatic carbocycles. The smallest absolute Gasteiger partial charge is 0.251 e. The summed E-state index contributed by atoms with van der Waals surface area (Å²) in [6, 6.07) is 14.3. The van der Waals surface area contributed by atoms with E-state index in [2.05, 4.69) is 10.3 Å². The zero-order valence-corrected chi connectivity index (χ0v) is 16.4. The molecule has 0 spiro atoms. The Morgan fingerprint density at radius 3 is 2.38 bits per heavy atom. The quantitative estimate of drug-likeness (QED) is 0.600. The Morgan fingerprint density at radius 2 is 1.79 bits per heavy atom. The van der Waals surface area contributed by atoms with Crippen LogP contribution >= 0.6 is 0 Å². The van der Waals surface area contributed by atoms with E-state index in [1.54, 1.807) is 36.4 Å². The van der Waals surface area contributed by atoms with E-state index >= 15 is 0 Å². The lowest BCUT2D eigenvalue weighted by molar-refractivity contribution is 0.0953. The van der Waals surface area contributed by atoms with Crippen LogP contribution in [-0.4, -0.2) is 33.0 Å². The lowest BCUT2D eigenvalue weighted by Gasteiger charge is -2.19. The van der Waals surface area contributed by atoms with Crippen LogP contribution in [0.3, 0.4) is 0 Å². The maximum absolute atomic E-state index is 13.2. The van der Waals surface area contributed by atoms with Gasteiger partial charge in [-0.3, -0.25) is 9.78 Å². The third-order valence-corrected chi connectivity index (χ3v) is 6.49. The molecule has 0 saturated heterocycles. The van der Waals surface area contributed by atoms with Crippen molar-refractivity contribution in [2.75, 3.05) is 13.7 Å². The lowest BCUT2D eigenvalue weighted by Crippen LogP contribution is -2.32. The van der Waals surface area contributed by atoms with Crippen LogP contribution < -0.4 is 10.1 Å². The van der Waals surface area contributed by atoms with Crippen molar-refractivity contribution in [2.24, 2.45) is 0 Å². The third-order valence-electron chi connectivity index (χ3n) is 4.37. The van der Waals surface area contributed by atoms with Crippen LogP contribution in [-0.2, 0) is 9.84 Å². The molecule has 29 heavy (non-hydrogen) atoms. The molecule has 1 atom stereocenters. The third kappa shape index (κ3) is 4.78. The number of sulfone groups is 1. The second-order valence-electron chi connectivity index (χ2n) is 6.21. The fraction of sp³-hybridized carbons (Fsp3) is 0.143. The van der Waals surface area contributed by atoms with Gasteiger partial charge in [0.2, 0.25) is 0 Å². The molecule has 3 rings (SSSR count). The van der Waals surface area contributed by atoms with E-state index in [0.29, 0.717) is 16.9 Å². The van der Waals surface area contributed by atoms with Gasteiger partial charge in [-0.05, 0) is 60.2 Å². The van der Waals surface area contributed by atoms with Gasteiger partial charge in [0.05, 0.1) is 12.0 Å². The molecule has 3 aromatic rings. The first-order valence-corrected chi connectivity index (χ1v) is 10.3. The molecule has 1 heterocycles. The van der Waals surface area contributed by atoms with Crippen LogP contribution in [0.2, 0.25) is 0 Å². The van der Waals surface area contributed by atoms with Crippen molar-refractivity contribution >= 4 is 15.7 Å². The van der Waals surface area contributed by atoms with Gasteiger partial charge in [0.1, 0.15) is 16.8 Å². The van der Waals surface area contributed by atoms with Gasteiger partial charge in [-0.25, -0.2) is 12.8 Å². The average molecular weight is 414 g/mol. The standard InChI is InChI=1S/C21H19FN2O4S/c1-28-18-8-4-15(5-9-18)21(25)24-14-20(16-3-2-12-23-13-16)29(26,27)19-10-6-17(22)7-11-19/h2-13,20H,14H2,1H3,(H,24,25). The van der Waals surface area contributed by atoms with Crippen molar-refractivity contribution in [1.29, 1.82) is 0 Å². The number of methoxy groups -OCH3 is 1. The zero-order valence-electron chi connectivity index (χ0n) is 15.6. The van der Waals surface area contributed by atoms with Crippen LogP contribution in [0.1, 0.15) is 21.2 Å². The van der Waals surface area contributed by atoms with Crippen molar-refractivity contribution in [2.45, 2.75) is 10.1 Å². The molecular formula is C21H19FN2O4S. The molecule has 8 heteroatoms. The highest BCUT2D eigenvalue weighted by molar-refractivity contribution is 7.91. The number of hydrogen-bond acceptors (Lipinski definition) is 5. The lowest BCUT2D eigenvalue weighted by atomic mass is 10.2. The second-order valence-corrected chi connectivity index (χ2v) is 8.34. The molecule has 0 bridgehead atoms. The summed E-state index contributed by atoms with van der Waals surface area (Å²) in [6.07, 6.45) is 2.96. The van der Waals surface area contributed by atoms with Crippen LogP contribution in [0.5, 0.6) is 5.75 Å². The van der Waals surface area contributed by atoms with Crippen molar-refractivity contribution in [3.05, 3.63) is 90.0 Å². The van der Waals surface area contributed by atoms with E-state index < -0.39 is 26.8 Å². The number of pyridine rings is 1. The van der Waals surface area contributed by atoms with Gasteiger partial charge in [0.25, 0.3) is 5.91 Å². The number of carbonyl (C=O) groups is 1. The summed E-state index contributed by atoms with van der Waals surface area (Å²) < 4.78 is 44.6. The average Bonchev–Trinajstić information content (AvgIpc) is 2.74. The van der Waals surface area contributed by atoms with E-state index in [1.165, 1.54) is 31.6 Å². The molecule has 0 aliphatic heterocycles. The fourth-order valence-corrected chi connectivity index (χ4v) is 4.44. The first-order chi connectivity index (χ1) is 13.9. The molecule has 0 saturated carbocycles. The molecule has 0 radical (unpaired) electrons. The molecule has 0 aliphatic rings. The summed E-state index contributed by atoms with van der Waals surface area (Å²) >= 11 is 0. The summed E-state index contributed by atoms with van der Waals surface area (Å²) in [4.78, 5) is 16.4. The Morgan fingerprint density at radius 1 is 1.10 bits per heavy atom. The first-order valence-electron chi connectivity index (χ1n) is 8.73. The van der Waals surface area contributed by atoms with Gasteiger partial charge < -0.3 is 10.1 Å². The summed E-state index contributed by atoms with van der Waals surface area (Å²) in [5.74, 6) is -0.348. The topological polar surface area (TPSA) is 85.4 Å². The van der Waals surface area contributed by atoms with Crippen LogP contribution in [0.4, 0.5) is 4.39 Å². The van der Waals surface area contributed by atoms with Gasteiger partial charge in [-0.1, -0.05) is 6.07 Å². The van der Waals surface area contributed by atoms with E-state index in [0.717, 1.165) is 12.1 Å². The predicted molar refractivity (Wildman–Crippen MR) is 106 cm³/mol. The van der Waals surface area contributed by atoms with Gasteiger partial charge >= 0.3 is 0 Å². The number of halogens is 1. The van der Waals surface area contributed by atoms with Gasteiger partial charge in [-0.15, -0.1) is 0 Å². The molecule has 1 N–H and O–H groups in total. The monoisotopic (exact) mass is 414 g/mol. The molecule has 0 aliphatic carbocycles. The van der Waals surface area contributed by atoms with Crippen molar-refractivity contribution in [3.63, 3.8) is 0 Å². The predicted octanol–water partition coefficient (Wildman–Crippen LogP) is 3.17. The number of nitrogens with zero attached hydrogens (tertiary/aromatic N) is 1. The molecular weight excluding hydrogens is 395 g/mol. The largest absolute Gasteiger partial charge is 0.497 e. The minimum atomic E-state index is -3.90. The Balaban J connectivity index is 1.86. The van der Waals surface area contributed by atoms with E-state index in [4.69, 9.17) is 4.74 Å². The highest BCUT2D eigenvalue weighted by Crippen LogP contribution is 2.28. The van der Waals surface area contributed by atoms with Crippen molar-refractivity contribution in [1.82, 2.24) is 10.3 Å². The highest BCUT2D eigenvalue weighted by Gasteiger charge is 2.30. The van der Waals surface area contributed by atoms with E-state index in [-0.39, 0.29) is 11.4 Å². The Labute approximate surface area is 168 Å². The first kappa shape index (κ1) is 20.5. The number of rotatable bonds is 7. The Bertz CT molecular complexity index is 1070. The summed E-state index contributed by atoms with van der Waals surface area (Å²) in [7, 11) is -2.38. The van der Waals surface area contributed by atoms with Crippen LogP contribution in [0.25, 0.3) is 0 Å². The van der Waals surface area contributed by atoms with Crippen molar-refractivity contribution < 1.29 is 22.3 Å². The van der Waals surface area contributed by atoms with E-state index in [9.17, 15) is 17.6 Å². The zero-order chi connectivity index (χ0) is 20.9. The highest BCUT2D eigenvalue weighted by atomic mass is 32.2. The second kappa shape index (κ2) is 8.83. The van der Waals surface area contributed by atoms with Crippen LogP contribution in [0.15, 0.2) is 78.0 Å². The normalized spacial score (nSPS) is 12.2. The van der Waals surface area contributed by atoms with Crippen LogP contribution in [0, 0.1) is 5.82 Å². The number of nitrogens with one attached hydrogen (secondary N) is 1. The number of ether oxygens (including phenoxy) is 1. The number of hydrogen-bond donors (Lipinski definition) is 1. The van der Waals surface area contributed by atoms with Gasteiger partial charge in [0.15, 0.2) is 9.84 Å². The number of carbonyl (C=O) groups excluding carboxylic acids is 1. The molecule has 150 valence electrons. The molecule has 1 unspecified atom stereocenters. The number of aromatic nitrogens is 1. The van der Waals surface area contributed by atoms with Gasteiger partial charge in [-0.2, -0.15) is 0 Å². The molecule has 6 nitrogen and oxygen atoms in total. The number of amides is 1. The fourth-order valence-electron chi connectivity index (χ4n) is 2.79. The molecule has 0 fully saturated rings. The summed E-state index contributed by atoms with van der Waals surface area (Å²) in [5, 5.41) is 1.58. The maximum Gasteiger partial charge on any atom is 0.251 e. The summed E-state index contributed by atoms with van der Waals surface area (Å²) in [5.41, 5.74) is 0.793. The molecule has 1 aromatic heterocycles. The molecule has 1 amide bonds. The van der Waals surface area contributed by atoms with Gasteiger partial charge in [0, 0.05) is 24.5 Å².